The average Bonchev–Trinajstić information content (AvgIpc) is 2.58. The molecule has 2 aromatic rings. The zero-order chi connectivity index (χ0) is 17.7. The summed E-state index contributed by atoms with van der Waals surface area (Å²) in [6, 6.07) is 6.23. The summed E-state index contributed by atoms with van der Waals surface area (Å²) in [5, 5.41) is 6.89. The Morgan fingerprint density at radius 1 is 1.21 bits per heavy atom. The van der Waals surface area contributed by atoms with E-state index in [1.807, 2.05) is 13.8 Å². The first-order valence-corrected chi connectivity index (χ1v) is 7.62. The van der Waals surface area contributed by atoms with Crippen LogP contribution in [-0.4, -0.2) is 29.9 Å². The minimum atomic E-state index is -0.393. The third-order valence-corrected chi connectivity index (χ3v) is 3.51. The van der Waals surface area contributed by atoms with Gasteiger partial charge >= 0.3 is 0 Å². The fraction of sp³-hybridized carbons (Fsp3) is 0.353. The van der Waals surface area contributed by atoms with Gasteiger partial charge in [0.2, 0.25) is 0 Å². The van der Waals surface area contributed by atoms with Crippen LogP contribution in [0, 0.1) is 6.92 Å². The molecule has 0 saturated heterocycles. The summed E-state index contributed by atoms with van der Waals surface area (Å²) in [6.45, 7) is 4.26. The topological polar surface area (TPSA) is 82.5 Å². The van der Waals surface area contributed by atoms with Gasteiger partial charge in [0.15, 0.2) is 11.5 Å². The fourth-order valence-electron chi connectivity index (χ4n) is 2.24. The number of nitrogens with one attached hydrogen (secondary N) is 1. The summed E-state index contributed by atoms with van der Waals surface area (Å²) < 4.78 is 11.8. The molecule has 1 N–H and O–H groups in total. The molecule has 7 heteroatoms. The highest BCUT2D eigenvalue weighted by Crippen LogP contribution is 2.32. The second kappa shape index (κ2) is 7.63. The molecule has 1 aromatic carbocycles. The van der Waals surface area contributed by atoms with Gasteiger partial charge in [0, 0.05) is 24.4 Å². The molecule has 0 aliphatic heterocycles. The quantitative estimate of drug-likeness (QED) is 0.878. The summed E-state index contributed by atoms with van der Waals surface area (Å²) in [5.41, 5.74) is 1.36. The second-order valence-corrected chi connectivity index (χ2v) is 5.26. The van der Waals surface area contributed by atoms with Crippen LogP contribution in [0.4, 0.5) is 5.69 Å². The third kappa shape index (κ3) is 3.73. The smallest absolute Gasteiger partial charge is 0.276 e. The predicted molar refractivity (Wildman–Crippen MR) is 91.0 cm³/mol. The molecular weight excluding hydrogens is 310 g/mol. The minimum absolute atomic E-state index is 0.178. The number of aryl methyl sites for hydroxylation is 2. The van der Waals surface area contributed by atoms with E-state index in [-0.39, 0.29) is 11.3 Å². The molecule has 128 valence electrons. The summed E-state index contributed by atoms with van der Waals surface area (Å²) in [4.78, 5) is 24.1. The van der Waals surface area contributed by atoms with Gasteiger partial charge in [-0.05, 0) is 31.0 Å². The van der Waals surface area contributed by atoms with E-state index < -0.39 is 5.91 Å². The molecule has 24 heavy (non-hydrogen) atoms. The Labute approximate surface area is 140 Å². The fourth-order valence-corrected chi connectivity index (χ4v) is 2.24. The van der Waals surface area contributed by atoms with Crippen LogP contribution in [0.5, 0.6) is 11.5 Å². The van der Waals surface area contributed by atoms with E-state index in [0.29, 0.717) is 23.7 Å². The van der Waals surface area contributed by atoms with Gasteiger partial charge in [-0.25, -0.2) is 4.68 Å². The van der Waals surface area contributed by atoms with Crippen LogP contribution >= 0.6 is 0 Å². The van der Waals surface area contributed by atoms with Gasteiger partial charge in [0.05, 0.1) is 14.2 Å². The first kappa shape index (κ1) is 17.5. The Morgan fingerprint density at radius 3 is 2.50 bits per heavy atom. The molecule has 2 rings (SSSR count). The van der Waals surface area contributed by atoms with E-state index in [1.165, 1.54) is 23.9 Å². The first-order chi connectivity index (χ1) is 11.5. The molecule has 0 aliphatic carbocycles. The summed E-state index contributed by atoms with van der Waals surface area (Å²) >= 11 is 0. The Bertz CT molecular complexity index is 799. The average molecular weight is 331 g/mol. The number of hydrogen-bond donors (Lipinski definition) is 1. The SMILES string of the molecule is CCCn1nc(C(=O)Nc2cc(OC)c(OC)cc2C)ccc1=O. The van der Waals surface area contributed by atoms with Crippen molar-refractivity contribution >= 4 is 11.6 Å². The van der Waals surface area contributed by atoms with Gasteiger partial charge in [-0.15, -0.1) is 0 Å². The van der Waals surface area contributed by atoms with Gasteiger partial charge < -0.3 is 14.8 Å². The highest BCUT2D eigenvalue weighted by molar-refractivity contribution is 6.03. The molecule has 1 aromatic heterocycles. The highest BCUT2D eigenvalue weighted by atomic mass is 16.5. The lowest BCUT2D eigenvalue weighted by Gasteiger charge is -2.13. The van der Waals surface area contributed by atoms with Crippen LogP contribution in [0.2, 0.25) is 0 Å². The van der Waals surface area contributed by atoms with Gasteiger partial charge in [0.1, 0.15) is 5.69 Å². The number of nitrogens with zero attached hydrogens (tertiary/aromatic N) is 2. The van der Waals surface area contributed by atoms with E-state index in [2.05, 4.69) is 10.4 Å². The molecule has 0 radical (unpaired) electrons. The van der Waals surface area contributed by atoms with Crippen LogP contribution in [0.25, 0.3) is 0 Å². The van der Waals surface area contributed by atoms with Gasteiger partial charge in [-0.1, -0.05) is 6.92 Å². The normalized spacial score (nSPS) is 10.3. The molecule has 1 heterocycles. The monoisotopic (exact) mass is 331 g/mol. The van der Waals surface area contributed by atoms with E-state index in [9.17, 15) is 9.59 Å². The largest absolute Gasteiger partial charge is 0.493 e. The summed E-state index contributed by atoms with van der Waals surface area (Å²) in [7, 11) is 3.08. The van der Waals surface area contributed by atoms with Crippen LogP contribution in [0.3, 0.4) is 0 Å². The van der Waals surface area contributed by atoms with Gasteiger partial charge in [-0.3, -0.25) is 9.59 Å². The van der Waals surface area contributed by atoms with Crippen LogP contribution in [-0.2, 0) is 6.54 Å². The molecule has 0 bridgehead atoms. The molecule has 0 atom stereocenters. The lowest BCUT2D eigenvalue weighted by atomic mass is 10.1. The number of benzene rings is 1. The second-order valence-electron chi connectivity index (χ2n) is 5.26. The molecule has 0 spiro atoms. The lowest BCUT2D eigenvalue weighted by Crippen LogP contribution is -2.26. The standard InChI is InChI=1S/C17H21N3O4/c1-5-8-20-16(21)7-6-12(19-20)17(22)18-13-10-15(24-4)14(23-3)9-11(13)2/h6-7,9-10H,5,8H2,1-4H3,(H,18,22). The van der Waals surface area contributed by atoms with Crippen molar-refractivity contribution in [3.05, 3.63) is 45.9 Å². The molecule has 0 unspecified atom stereocenters. The maximum absolute atomic E-state index is 12.4. The Kier molecular flexibility index (Phi) is 5.57. The summed E-state index contributed by atoms with van der Waals surface area (Å²) in [6.07, 6.45) is 0.757. The molecule has 0 aliphatic rings. The van der Waals surface area contributed by atoms with E-state index >= 15 is 0 Å². The van der Waals surface area contributed by atoms with E-state index in [1.54, 1.807) is 19.2 Å². The number of rotatable bonds is 6. The molecule has 1 amide bonds. The van der Waals surface area contributed by atoms with Crippen LogP contribution in [0.1, 0.15) is 29.4 Å². The maximum atomic E-state index is 12.4. The number of hydrogen-bond acceptors (Lipinski definition) is 5. The Hall–Kier alpha value is -2.83. The van der Waals surface area contributed by atoms with Crippen molar-refractivity contribution in [1.82, 2.24) is 9.78 Å². The van der Waals surface area contributed by atoms with E-state index in [4.69, 9.17) is 9.47 Å². The summed E-state index contributed by atoms with van der Waals surface area (Å²) in [5.74, 6) is 0.708. The number of ether oxygens (including phenoxy) is 2. The van der Waals surface area contributed by atoms with Crippen LogP contribution < -0.4 is 20.3 Å². The van der Waals surface area contributed by atoms with Crippen molar-refractivity contribution in [2.24, 2.45) is 0 Å². The van der Waals surface area contributed by atoms with Crippen molar-refractivity contribution in [3.63, 3.8) is 0 Å². The number of anilines is 1. The third-order valence-electron chi connectivity index (χ3n) is 3.51. The van der Waals surface area contributed by atoms with Crippen molar-refractivity contribution in [1.29, 1.82) is 0 Å². The van der Waals surface area contributed by atoms with Crippen LogP contribution in [0.15, 0.2) is 29.1 Å². The first-order valence-electron chi connectivity index (χ1n) is 7.62. The van der Waals surface area contributed by atoms with Gasteiger partial charge in [-0.2, -0.15) is 5.10 Å². The van der Waals surface area contributed by atoms with E-state index in [0.717, 1.165) is 12.0 Å². The Balaban J connectivity index is 2.30. The number of amides is 1. The van der Waals surface area contributed by atoms with Crippen molar-refractivity contribution in [2.45, 2.75) is 26.8 Å². The Morgan fingerprint density at radius 2 is 1.88 bits per heavy atom. The maximum Gasteiger partial charge on any atom is 0.276 e. The van der Waals surface area contributed by atoms with Crippen molar-refractivity contribution in [3.8, 4) is 11.5 Å². The lowest BCUT2D eigenvalue weighted by molar-refractivity contribution is 0.101. The highest BCUT2D eigenvalue weighted by Gasteiger charge is 2.14. The molecular formula is C17H21N3O4. The zero-order valence-electron chi connectivity index (χ0n) is 14.3. The molecule has 0 saturated carbocycles. The zero-order valence-corrected chi connectivity index (χ0v) is 14.3. The van der Waals surface area contributed by atoms with Gasteiger partial charge in [0.25, 0.3) is 11.5 Å². The number of carbonyl (C=O) groups is 1. The molecule has 7 nitrogen and oxygen atoms in total. The molecule has 0 fully saturated rings. The van der Waals surface area contributed by atoms with Crippen molar-refractivity contribution in [2.75, 3.05) is 19.5 Å². The predicted octanol–water partition coefficient (Wildman–Crippen LogP) is 2.23. The van der Waals surface area contributed by atoms with Crippen molar-refractivity contribution < 1.29 is 14.3 Å². The number of methoxy groups -OCH3 is 2. The number of carbonyl (C=O) groups excluding carboxylic acids is 1. The number of aromatic nitrogens is 2. The minimum Gasteiger partial charge on any atom is -0.493 e.